The van der Waals surface area contributed by atoms with Crippen LogP contribution < -0.4 is 14.8 Å². The number of fused-ring (bicyclic) bond motifs is 1. The molecule has 0 bridgehead atoms. The Hall–Kier alpha value is -2.58. The van der Waals surface area contributed by atoms with Gasteiger partial charge in [-0.3, -0.25) is 4.79 Å². The van der Waals surface area contributed by atoms with E-state index in [0.717, 1.165) is 19.3 Å². The van der Waals surface area contributed by atoms with E-state index in [1.54, 1.807) is 37.3 Å². The molecule has 0 aliphatic carbocycles. The van der Waals surface area contributed by atoms with Crippen molar-refractivity contribution in [2.45, 2.75) is 31.1 Å². The van der Waals surface area contributed by atoms with E-state index in [2.05, 4.69) is 5.32 Å². The van der Waals surface area contributed by atoms with Gasteiger partial charge in [-0.2, -0.15) is 4.31 Å². The van der Waals surface area contributed by atoms with Crippen molar-refractivity contribution in [3.05, 3.63) is 47.5 Å². The average Bonchev–Trinajstić information content (AvgIpc) is 3.18. The fourth-order valence-corrected chi connectivity index (χ4v) is 5.21. The van der Waals surface area contributed by atoms with E-state index in [-0.39, 0.29) is 17.6 Å². The number of nitrogens with zero attached hydrogens (tertiary/aromatic N) is 1. The monoisotopic (exact) mass is 402 g/mol. The molecule has 2 aliphatic rings. The van der Waals surface area contributed by atoms with Crippen LogP contribution in [0.3, 0.4) is 0 Å². The highest BCUT2D eigenvalue weighted by molar-refractivity contribution is 7.89. The Kier molecular flexibility index (Phi) is 4.99. The molecule has 2 aromatic rings. The van der Waals surface area contributed by atoms with Crippen molar-refractivity contribution >= 4 is 21.6 Å². The normalized spacial score (nSPS) is 16.8. The number of benzene rings is 2. The largest absolute Gasteiger partial charge is 0.454 e. The molecule has 0 radical (unpaired) electrons. The Morgan fingerprint density at radius 3 is 2.54 bits per heavy atom. The Morgan fingerprint density at radius 1 is 1.00 bits per heavy atom. The summed E-state index contributed by atoms with van der Waals surface area (Å²) < 4.78 is 38.1. The number of carbonyl (C=O) groups is 1. The molecule has 0 saturated carbocycles. The fourth-order valence-electron chi connectivity index (χ4n) is 3.44. The van der Waals surface area contributed by atoms with Crippen molar-refractivity contribution in [2.24, 2.45) is 0 Å². The predicted molar refractivity (Wildman–Crippen MR) is 104 cm³/mol. The number of anilines is 1. The van der Waals surface area contributed by atoms with Crippen molar-refractivity contribution < 1.29 is 22.7 Å². The van der Waals surface area contributed by atoms with Crippen LogP contribution in [0.1, 0.15) is 35.2 Å². The zero-order valence-electron chi connectivity index (χ0n) is 15.6. The lowest BCUT2D eigenvalue weighted by atomic mass is 10.1. The molecule has 148 valence electrons. The van der Waals surface area contributed by atoms with Gasteiger partial charge in [0.1, 0.15) is 0 Å². The number of sulfonamides is 1. The van der Waals surface area contributed by atoms with Crippen LogP contribution >= 0.6 is 0 Å². The minimum atomic E-state index is -3.58. The molecular weight excluding hydrogens is 380 g/mol. The number of hydrogen-bond acceptors (Lipinski definition) is 5. The van der Waals surface area contributed by atoms with E-state index < -0.39 is 10.0 Å². The molecule has 7 nitrogen and oxygen atoms in total. The average molecular weight is 402 g/mol. The summed E-state index contributed by atoms with van der Waals surface area (Å²) in [6.07, 6.45) is 2.80. The van der Waals surface area contributed by atoms with Crippen molar-refractivity contribution in [2.75, 3.05) is 25.2 Å². The van der Waals surface area contributed by atoms with Crippen molar-refractivity contribution in [3.8, 4) is 11.5 Å². The SMILES string of the molecule is Cc1ccc(NC(=O)c2ccc3c(c2)OCO3)cc1S(=O)(=O)N1CCCCC1. The summed E-state index contributed by atoms with van der Waals surface area (Å²) in [4.78, 5) is 12.8. The first-order valence-electron chi connectivity index (χ1n) is 9.27. The summed E-state index contributed by atoms with van der Waals surface area (Å²) in [5, 5.41) is 2.77. The molecule has 0 spiro atoms. The molecule has 1 saturated heterocycles. The topological polar surface area (TPSA) is 84.9 Å². The number of rotatable bonds is 4. The third kappa shape index (κ3) is 3.57. The van der Waals surface area contributed by atoms with E-state index in [1.807, 2.05) is 0 Å². The van der Waals surface area contributed by atoms with E-state index in [9.17, 15) is 13.2 Å². The lowest BCUT2D eigenvalue weighted by molar-refractivity contribution is 0.102. The minimum absolute atomic E-state index is 0.135. The smallest absolute Gasteiger partial charge is 0.255 e. The second-order valence-electron chi connectivity index (χ2n) is 6.97. The van der Waals surface area contributed by atoms with Crippen LogP contribution in [0.5, 0.6) is 11.5 Å². The number of carbonyl (C=O) groups excluding carboxylic acids is 1. The molecule has 28 heavy (non-hydrogen) atoms. The van der Waals surface area contributed by atoms with Gasteiger partial charge < -0.3 is 14.8 Å². The van der Waals surface area contributed by atoms with Gasteiger partial charge in [0.15, 0.2) is 11.5 Å². The summed E-state index contributed by atoms with van der Waals surface area (Å²) >= 11 is 0. The van der Waals surface area contributed by atoms with Crippen LogP contribution in [0.4, 0.5) is 5.69 Å². The molecule has 2 aliphatic heterocycles. The minimum Gasteiger partial charge on any atom is -0.454 e. The lowest BCUT2D eigenvalue weighted by Crippen LogP contribution is -2.36. The van der Waals surface area contributed by atoms with Crippen LogP contribution in [0.25, 0.3) is 0 Å². The maximum Gasteiger partial charge on any atom is 0.255 e. The Labute approximate surface area is 164 Å². The third-order valence-electron chi connectivity index (χ3n) is 5.01. The molecule has 8 heteroatoms. The first-order chi connectivity index (χ1) is 13.4. The predicted octanol–water partition coefficient (Wildman–Crippen LogP) is 3.15. The molecule has 2 heterocycles. The highest BCUT2D eigenvalue weighted by atomic mass is 32.2. The zero-order valence-corrected chi connectivity index (χ0v) is 16.4. The maximum atomic E-state index is 13.0. The molecule has 0 atom stereocenters. The van der Waals surface area contributed by atoms with Crippen LogP contribution in [0.2, 0.25) is 0 Å². The number of ether oxygens (including phenoxy) is 2. The van der Waals surface area contributed by atoms with Crippen LogP contribution in [-0.4, -0.2) is 38.5 Å². The van der Waals surface area contributed by atoms with Gasteiger partial charge >= 0.3 is 0 Å². The van der Waals surface area contributed by atoms with Gasteiger partial charge in [-0.25, -0.2) is 8.42 Å². The standard InChI is InChI=1S/C20H22N2O5S/c1-14-5-7-16(12-19(14)28(24,25)22-9-3-2-4-10-22)21-20(23)15-6-8-17-18(11-15)27-13-26-17/h5-8,11-12H,2-4,9-10,13H2,1H3,(H,21,23). The summed E-state index contributed by atoms with van der Waals surface area (Å²) in [5.74, 6) is 0.773. The number of aryl methyl sites for hydroxylation is 1. The zero-order chi connectivity index (χ0) is 19.7. The van der Waals surface area contributed by atoms with Gasteiger partial charge in [0, 0.05) is 24.3 Å². The fraction of sp³-hybridized carbons (Fsp3) is 0.350. The molecule has 1 N–H and O–H groups in total. The highest BCUT2D eigenvalue weighted by Gasteiger charge is 2.27. The van der Waals surface area contributed by atoms with Crippen molar-refractivity contribution in [1.82, 2.24) is 4.31 Å². The molecule has 0 aromatic heterocycles. The third-order valence-corrected chi connectivity index (χ3v) is 7.05. The van der Waals surface area contributed by atoms with E-state index >= 15 is 0 Å². The number of hydrogen-bond donors (Lipinski definition) is 1. The number of nitrogens with one attached hydrogen (secondary N) is 1. The van der Waals surface area contributed by atoms with Gasteiger partial charge in [-0.05, 0) is 55.7 Å². The van der Waals surface area contributed by atoms with Crippen LogP contribution in [0.15, 0.2) is 41.3 Å². The molecule has 1 fully saturated rings. The van der Waals surface area contributed by atoms with E-state index in [4.69, 9.17) is 9.47 Å². The Morgan fingerprint density at radius 2 is 1.75 bits per heavy atom. The highest BCUT2D eigenvalue weighted by Crippen LogP contribution is 2.33. The van der Waals surface area contributed by atoms with Crippen molar-refractivity contribution in [3.63, 3.8) is 0 Å². The van der Waals surface area contributed by atoms with Crippen LogP contribution in [-0.2, 0) is 10.0 Å². The molecule has 1 amide bonds. The van der Waals surface area contributed by atoms with Gasteiger partial charge in [-0.1, -0.05) is 12.5 Å². The van der Waals surface area contributed by atoms with Crippen molar-refractivity contribution in [1.29, 1.82) is 0 Å². The maximum absolute atomic E-state index is 13.0. The quantitative estimate of drug-likeness (QED) is 0.849. The Balaban J connectivity index is 1.57. The van der Waals surface area contributed by atoms with Crippen LogP contribution in [0, 0.1) is 6.92 Å². The molecule has 0 unspecified atom stereocenters. The van der Waals surface area contributed by atoms with Gasteiger partial charge in [0.05, 0.1) is 4.90 Å². The number of piperidine rings is 1. The van der Waals surface area contributed by atoms with Gasteiger partial charge in [0.2, 0.25) is 16.8 Å². The molecule has 2 aromatic carbocycles. The summed E-state index contributed by atoms with van der Waals surface area (Å²) in [7, 11) is -3.58. The Bertz CT molecular complexity index is 1010. The van der Waals surface area contributed by atoms with Gasteiger partial charge in [0.25, 0.3) is 5.91 Å². The number of amides is 1. The summed E-state index contributed by atoms with van der Waals surface area (Å²) in [6.45, 7) is 2.97. The van der Waals surface area contributed by atoms with Gasteiger partial charge in [-0.15, -0.1) is 0 Å². The molecular formula is C20H22N2O5S. The molecule has 4 rings (SSSR count). The lowest BCUT2D eigenvalue weighted by Gasteiger charge is -2.26. The van der Waals surface area contributed by atoms with E-state index in [1.165, 1.54) is 10.4 Å². The first kappa shape index (κ1) is 18.8. The summed E-state index contributed by atoms with van der Waals surface area (Å²) in [5.41, 5.74) is 1.50. The van der Waals surface area contributed by atoms with E-state index in [0.29, 0.717) is 41.4 Å². The summed E-state index contributed by atoms with van der Waals surface area (Å²) in [6, 6.07) is 9.88. The second kappa shape index (κ2) is 7.44. The first-order valence-corrected chi connectivity index (χ1v) is 10.7. The second-order valence-corrected chi connectivity index (χ2v) is 8.87.